The number of para-hydroxylation sites is 1. The molecule has 2 N–H and O–H groups in total. The molecule has 4 rings (SSSR count). The lowest BCUT2D eigenvalue weighted by atomic mass is 10.2. The van der Waals surface area contributed by atoms with Crippen molar-refractivity contribution < 1.29 is 9.90 Å². The number of rotatable bonds is 5. The number of phenols is 1. The van der Waals surface area contributed by atoms with Gasteiger partial charge in [-0.05, 0) is 53.6 Å². The minimum atomic E-state index is -0.197. The summed E-state index contributed by atoms with van der Waals surface area (Å²) in [6.45, 7) is 0.778. The second kappa shape index (κ2) is 8.19. The van der Waals surface area contributed by atoms with Crippen molar-refractivity contribution in [1.82, 2.24) is 9.88 Å². The lowest BCUT2D eigenvalue weighted by Crippen LogP contribution is -2.25. The fourth-order valence-electron chi connectivity index (χ4n) is 3.39. The molecule has 0 aliphatic rings. The third-order valence-corrected chi connectivity index (χ3v) is 5.11. The van der Waals surface area contributed by atoms with E-state index < -0.39 is 0 Å². The Balaban J connectivity index is 1.64. The fraction of sp³-hybridized carbons (Fsp3) is 0.0870. The van der Waals surface area contributed by atoms with Crippen molar-refractivity contribution in [3.8, 4) is 5.75 Å². The Labute approximate surface area is 178 Å². The minimum absolute atomic E-state index is 0.197. The van der Waals surface area contributed by atoms with Crippen molar-refractivity contribution in [2.45, 2.75) is 13.1 Å². The van der Waals surface area contributed by atoms with Crippen LogP contribution in [0, 0.1) is 0 Å². The van der Waals surface area contributed by atoms with Crippen LogP contribution in [0.15, 0.2) is 72.8 Å². The number of halogens is 2. The number of aromatic hydroxyl groups is 1. The summed E-state index contributed by atoms with van der Waals surface area (Å²) in [6, 6.07) is 21.9. The highest BCUT2D eigenvalue weighted by Gasteiger charge is 2.16. The van der Waals surface area contributed by atoms with Gasteiger partial charge in [-0.2, -0.15) is 0 Å². The Bertz CT molecular complexity index is 1180. The lowest BCUT2D eigenvalue weighted by Gasteiger charge is -2.12. The summed E-state index contributed by atoms with van der Waals surface area (Å²) in [5.74, 6) is 0.000231. The SMILES string of the molecule is O=C(NCc1cc(Cl)cc(Cl)c1)c1cc2ccccc2n1Cc1cccc(O)c1. The Morgan fingerprint density at radius 3 is 2.41 bits per heavy atom. The van der Waals surface area contributed by atoms with Gasteiger partial charge in [-0.15, -0.1) is 0 Å². The van der Waals surface area contributed by atoms with E-state index in [1.807, 2.05) is 41.0 Å². The van der Waals surface area contributed by atoms with E-state index in [0.29, 0.717) is 28.8 Å². The molecule has 4 aromatic rings. The summed E-state index contributed by atoms with van der Waals surface area (Å²) in [5.41, 5.74) is 3.22. The van der Waals surface area contributed by atoms with E-state index in [1.54, 1.807) is 36.4 Å². The zero-order valence-electron chi connectivity index (χ0n) is 15.4. The minimum Gasteiger partial charge on any atom is -0.508 e. The van der Waals surface area contributed by atoms with E-state index >= 15 is 0 Å². The van der Waals surface area contributed by atoms with E-state index in [1.165, 1.54) is 0 Å². The number of amides is 1. The van der Waals surface area contributed by atoms with Crippen molar-refractivity contribution in [3.63, 3.8) is 0 Å². The van der Waals surface area contributed by atoms with Crippen molar-refractivity contribution in [3.05, 3.63) is 99.7 Å². The summed E-state index contributed by atoms with van der Waals surface area (Å²) in [5, 5.41) is 14.8. The molecule has 1 aromatic heterocycles. The molecule has 0 fully saturated rings. The zero-order chi connectivity index (χ0) is 20.4. The largest absolute Gasteiger partial charge is 0.508 e. The van der Waals surface area contributed by atoms with Crippen molar-refractivity contribution >= 4 is 40.0 Å². The summed E-state index contributed by atoms with van der Waals surface area (Å²) in [7, 11) is 0. The van der Waals surface area contributed by atoms with Crippen LogP contribution >= 0.6 is 23.2 Å². The number of carbonyl (C=O) groups is 1. The first kappa shape index (κ1) is 19.4. The molecule has 3 aromatic carbocycles. The number of phenolic OH excluding ortho intramolecular Hbond substituents is 1. The van der Waals surface area contributed by atoms with Crippen LogP contribution in [0.1, 0.15) is 21.6 Å². The molecule has 0 bridgehead atoms. The predicted molar refractivity (Wildman–Crippen MR) is 117 cm³/mol. The molecule has 146 valence electrons. The van der Waals surface area contributed by atoms with Crippen LogP contribution in [0.4, 0.5) is 0 Å². The van der Waals surface area contributed by atoms with Gasteiger partial charge in [-0.3, -0.25) is 4.79 Å². The topological polar surface area (TPSA) is 54.3 Å². The fourth-order valence-corrected chi connectivity index (χ4v) is 3.96. The predicted octanol–water partition coefficient (Wildman–Crippen LogP) is 5.63. The maximum absolute atomic E-state index is 13.0. The molecule has 6 heteroatoms. The summed E-state index contributed by atoms with van der Waals surface area (Å²) < 4.78 is 1.95. The lowest BCUT2D eigenvalue weighted by molar-refractivity contribution is 0.0942. The molecule has 0 unspecified atom stereocenters. The van der Waals surface area contributed by atoms with Gasteiger partial charge < -0.3 is 15.0 Å². The molecular weight excluding hydrogens is 407 g/mol. The maximum Gasteiger partial charge on any atom is 0.268 e. The Morgan fingerprint density at radius 1 is 0.897 bits per heavy atom. The van der Waals surface area contributed by atoms with Gasteiger partial charge in [0.05, 0.1) is 0 Å². The van der Waals surface area contributed by atoms with Gasteiger partial charge in [0, 0.05) is 34.0 Å². The van der Waals surface area contributed by atoms with Crippen LogP contribution in [-0.4, -0.2) is 15.6 Å². The van der Waals surface area contributed by atoms with Crippen LogP contribution in [-0.2, 0) is 13.1 Å². The molecule has 0 aliphatic carbocycles. The number of nitrogens with one attached hydrogen (secondary N) is 1. The highest BCUT2D eigenvalue weighted by atomic mass is 35.5. The van der Waals surface area contributed by atoms with Crippen molar-refractivity contribution in [1.29, 1.82) is 0 Å². The molecule has 29 heavy (non-hydrogen) atoms. The molecule has 0 radical (unpaired) electrons. The van der Waals surface area contributed by atoms with Crippen LogP contribution in [0.5, 0.6) is 5.75 Å². The highest BCUT2D eigenvalue weighted by molar-refractivity contribution is 6.34. The molecule has 0 atom stereocenters. The quantitative estimate of drug-likeness (QED) is 0.435. The molecule has 1 heterocycles. The second-order valence-electron chi connectivity index (χ2n) is 6.80. The number of nitrogens with zero attached hydrogens (tertiary/aromatic N) is 1. The first-order valence-corrected chi connectivity index (χ1v) is 9.84. The number of fused-ring (bicyclic) bond motifs is 1. The first-order valence-electron chi connectivity index (χ1n) is 9.09. The average molecular weight is 425 g/mol. The Kier molecular flexibility index (Phi) is 5.47. The number of carbonyl (C=O) groups excluding carboxylic acids is 1. The molecule has 0 saturated carbocycles. The van der Waals surface area contributed by atoms with Crippen LogP contribution < -0.4 is 5.32 Å². The third kappa shape index (κ3) is 4.39. The van der Waals surface area contributed by atoms with Gasteiger partial charge in [-0.25, -0.2) is 0 Å². The zero-order valence-corrected chi connectivity index (χ0v) is 16.9. The molecule has 1 amide bonds. The maximum atomic E-state index is 13.0. The van der Waals surface area contributed by atoms with Crippen LogP contribution in [0.25, 0.3) is 10.9 Å². The van der Waals surface area contributed by atoms with Crippen molar-refractivity contribution in [2.75, 3.05) is 0 Å². The molecule has 0 aliphatic heterocycles. The third-order valence-electron chi connectivity index (χ3n) is 4.67. The van der Waals surface area contributed by atoms with E-state index in [-0.39, 0.29) is 11.7 Å². The van der Waals surface area contributed by atoms with Gasteiger partial charge >= 0.3 is 0 Å². The highest BCUT2D eigenvalue weighted by Crippen LogP contribution is 2.23. The summed E-state index contributed by atoms with van der Waals surface area (Å²) in [4.78, 5) is 13.0. The standard InChI is InChI=1S/C23H18Cl2N2O2/c24-18-8-16(9-19(25)12-18)13-26-23(29)22-11-17-5-1-2-7-21(17)27(22)14-15-4-3-6-20(28)10-15/h1-12,28H,13-14H2,(H,26,29). The molecule has 4 nitrogen and oxygen atoms in total. The van der Waals surface area contributed by atoms with E-state index in [4.69, 9.17) is 23.2 Å². The van der Waals surface area contributed by atoms with Gasteiger partial charge in [0.2, 0.25) is 0 Å². The molecule has 0 saturated heterocycles. The van der Waals surface area contributed by atoms with Crippen LogP contribution in [0.2, 0.25) is 10.0 Å². The Morgan fingerprint density at radius 2 is 1.66 bits per heavy atom. The smallest absolute Gasteiger partial charge is 0.268 e. The van der Waals surface area contributed by atoms with Gasteiger partial charge in [0.1, 0.15) is 11.4 Å². The van der Waals surface area contributed by atoms with E-state index in [0.717, 1.165) is 22.0 Å². The second-order valence-corrected chi connectivity index (χ2v) is 7.68. The monoisotopic (exact) mass is 424 g/mol. The normalized spacial score (nSPS) is 11.0. The molecule has 0 spiro atoms. The Hall–Kier alpha value is -2.95. The van der Waals surface area contributed by atoms with Crippen LogP contribution in [0.3, 0.4) is 0 Å². The first-order chi connectivity index (χ1) is 14.0. The number of aromatic nitrogens is 1. The van der Waals surface area contributed by atoms with Crippen molar-refractivity contribution in [2.24, 2.45) is 0 Å². The summed E-state index contributed by atoms with van der Waals surface area (Å²) >= 11 is 12.1. The average Bonchev–Trinajstić information content (AvgIpc) is 3.04. The van der Waals surface area contributed by atoms with E-state index in [9.17, 15) is 9.90 Å². The number of hydrogen-bond donors (Lipinski definition) is 2. The van der Waals surface area contributed by atoms with Gasteiger partial charge in [0.15, 0.2) is 0 Å². The van der Waals surface area contributed by atoms with Gasteiger partial charge in [-0.1, -0.05) is 53.5 Å². The van der Waals surface area contributed by atoms with Gasteiger partial charge in [0.25, 0.3) is 5.91 Å². The molecular formula is C23H18Cl2N2O2. The number of benzene rings is 3. The van der Waals surface area contributed by atoms with E-state index in [2.05, 4.69) is 5.32 Å². The summed E-state index contributed by atoms with van der Waals surface area (Å²) in [6.07, 6.45) is 0. The number of hydrogen-bond acceptors (Lipinski definition) is 2.